The van der Waals surface area contributed by atoms with Gasteiger partial charge in [-0.3, -0.25) is 14.4 Å². The third-order valence-electron chi connectivity index (χ3n) is 9.11. The highest BCUT2D eigenvalue weighted by Crippen LogP contribution is 2.55. The molecule has 0 bridgehead atoms. The van der Waals surface area contributed by atoms with Crippen molar-refractivity contribution in [2.24, 2.45) is 10.8 Å². The Hall–Kier alpha value is -3.55. The van der Waals surface area contributed by atoms with E-state index in [1.54, 1.807) is 18.2 Å². The summed E-state index contributed by atoms with van der Waals surface area (Å²) in [4.78, 5) is 42.2. The van der Waals surface area contributed by atoms with Crippen molar-refractivity contribution in [1.82, 2.24) is 4.90 Å². The predicted octanol–water partition coefficient (Wildman–Crippen LogP) is 8.86. The minimum absolute atomic E-state index is 0.0216. The number of ketones is 2. The van der Waals surface area contributed by atoms with E-state index in [1.165, 1.54) is 0 Å². The van der Waals surface area contributed by atoms with Crippen molar-refractivity contribution in [3.63, 3.8) is 0 Å². The number of ether oxygens (including phenoxy) is 2. The number of benzene rings is 2. The normalized spacial score (nSPS) is 19.0. The number of Topliss-reactive ketones (excluding diaryl/α,β-unsaturated/α-hetero) is 2. The largest absolute Gasteiger partial charge is 0.490 e. The van der Waals surface area contributed by atoms with Crippen LogP contribution in [0.4, 0.5) is 0 Å². The molecule has 0 aromatic heterocycles. The average Bonchev–Trinajstić information content (AvgIpc) is 2.95. The Morgan fingerprint density at radius 1 is 0.957 bits per heavy atom. The van der Waals surface area contributed by atoms with Gasteiger partial charge in [0.15, 0.2) is 23.1 Å². The first-order valence-electron chi connectivity index (χ1n) is 16.1. The third-order valence-corrected chi connectivity index (χ3v) is 9.70. The molecule has 0 unspecified atom stereocenters. The van der Waals surface area contributed by atoms with E-state index in [0.717, 1.165) is 28.1 Å². The molecule has 0 spiro atoms. The van der Waals surface area contributed by atoms with Gasteiger partial charge in [0, 0.05) is 69.0 Å². The number of halogens is 2. The molecule has 2 aliphatic carbocycles. The summed E-state index contributed by atoms with van der Waals surface area (Å²) in [6, 6.07) is 9.13. The van der Waals surface area contributed by atoms with Gasteiger partial charge < -0.3 is 19.5 Å². The van der Waals surface area contributed by atoms with Crippen molar-refractivity contribution in [1.29, 1.82) is 0 Å². The Labute approximate surface area is 287 Å². The van der Waals surface area contributed by atoms with Crippen LogP contribution in [0.25, 0.3) is 0 Å². The van der Waals surface area contributed by atoms with E-state index in [9.17, 15) is 19.5 Å². The lowest BCUT2D eigenvalue weighted by atomic mass is 9.63. The molecule has 7 nitrogen and oxygen atoms in total. The second-order valence-corrected chi connectivity index (χ2v) is 15.1. The van der Waals surface area contributed by atoms with Gasteiger partial charge in [0.2, 0.25) is 0 Å². The SMILES string of the molecule is C=CCc1cc(C2C3=C(CC(C)(C)CC3=O)N(CCC(=O)O)C3=C2C(=O)CC(C)(C)C3)cc(OCC)c1OCc1ccc(Cl)cc1Cl. The Balaban J connectivity index is 1.71. The third kappa shape index (κ3) is 7.31. The van der Waals surface area contributed by atoms with Crippen LogP contribution in [-0.2, 0) is 27.4 Å². The maximum atomic E-state index is 14.2. The predicted molar refractivity (Wildman–Crippen MR) is 184 cm³/mol. The summed E-state index contributed by atoms with van der Waals surface area (Å²) < 4.78 is 12.6. The number of nitrogens with zero attached hydrogens (tertiary/aromatic N) is 1. The van der Waals surface area contributed by atoms with Gasteiger partial charge in [-0.25, -0.2) is 0 Å². The van der Waals surface area contributed by atoms with Crippen molar-refractivity contribution in [3.8, 4) is 11.5 Å². The molecule has 3 aliphatic rings. The van der Waals surface area contributed by atoms with Gasteiger partial charge >= 0.3 is 5.97 Å². The topological polar surface area (TPSA) is 93.1 Å². The van der Waals surface area contributed by atoms with E-state index in [4.69, 9.17) is 32.7 Å². The molecule has 0 atom stereocenters. The van der Waals surface area contributed by atoms with Crippen LogP contribution in [0, 0.1) is 10.8 Å². The van der Waals surface area contributed by atoms with Gasteiger partial charge in [0.1, 0.15) is 6.61 Å². The molecule has 250 valence electrons. The number of carboxylic acids is 1. The van der Waals surface area contributed by atoms with Crippen LogP contribution in [-0.4, -0.2) is 40.7 Å². The Bertz CT molecular complexity index is 1650. The highest BCUT2D eigenvalue weighted by atomic mass is 35.5. The van der Waals surface area contributed by atoms with Gasteiger partial charge in [-0.15, -0.1) is 6.58 Å². The zero-order valence-electron chi connectivity index (χ0n) is 27.8. The number of rotatable bonds is 11. The Morgan fingerprint density at radius 3 is 2.11 bits per heavy atom. The van der Waals surface area contributed by atoms with Crippen molar-refractivity contribution in [2.75, 3.05) is 13.2 Å². The smallest absolute Gasteiger partial charge is 0.305 e. The molecule has 2 aromatic rings. The molecule has 1 N–H and O–H groups in total. The van der Waals surface area contributed by atoms with Crippen molar-refractivity contribution in [3.05, 3.63) is 92.3 Å². The molecule has 9 heteroatoms. The van der Waals surface area contributed by atoms with Crippen LogP contribution in [0.2, 0.25) is 10.0 Å². The zero-order chi connectivity index (χ0) is 34.3. The van der Waals surface area contributed by atoms with Crippen molar-refractivity contribution in [2.45, 2.75) is 85.7 Å². The highest BCUT2D eigenvalue weighted by molar-refractivity contribution is 6.35. The lowest BCUT2D eigenvalue weighted by molar-refractivity contribution is -0.137. The maximum Gasteiger partial charge on any atom is 0.305 e. The lowest BCUT2D eigenvalue weighted by Gasteiger charge is -2.49. The number of hydrogen-bond donors (Lipinski definition) is 1. The second kappa shape index (κ2) is 13.5. The first-order chi connectivity index (χ1) is 22.1. The van der Waals surface area contributed by atoms with Crippen LogP contribution in [0.15, 0.2) is 65.5 Å². The summed E-state index contributed by atoms with van der Waals surface area (Å²) in [5.41, 5.74) is 4.49. The quantitative estimate of drug-likeness (QED) is 0.237. The molecule has 0 saturated carbocycles. The van der Waals surface area contributed by atoms with Crippen LogP contribution in [0.5, 0.6) is 11.5 Å². The summed E-state index contributed by atoms with van der Waals surface area (Å²) in [5.74, 6) is -0.549. The zero-order valence-corrected chi connectivity index (χ0v) is 29.3. The van der Waals surface area contributed by atoms with Crippen LogP contribution < -0.4 is 9.47 Å². The number of carbonyl (C=O) groups is 3. The number of hydrogen-bond acceptors (Lipinski definition) is 6. The van der Waals surface area contributed by atoms with E-state index in [0.29, 0.717) is 71.4 Å². The summed E-state index contributed by atoms with van der Waals surface area (Å²) in [6.45, 7) is 14.8. The van der Waals surface area contributed by atoms with E-state index in [1.807, 2.05) is 30.0 Å². The average molecular weight is 681 g/mol. The fourth-order valence-electron chi connectivity index (χ4n) is 7.23. The Morgan fingerprint density at radius 2 is 1.57 bits per heavy atom. The van der Waals surface area contributed by atoms with Crippen molar-refractivity contribution >= 4 is 40.7 Å². The van der Waals surface area contributed by atoms with E-state index in [2.05, 4.69) is 34.3 Å². The van der Waals surface area contributed by atoms with Gasteiger partial charge in [0.25, 0.3) is 0 Å². The Kier molecular flexibility index (Phi) is 10.0. The summed E-state index contributed by atoms with van der Waals surface area (Å²) >= 11 is 12.6. The van der Waals surface area contributed by atoms with E-state index in [-0.39, 0.29) is 42.0 Å². The minimum Gasteiger partial charge on any atom is -0.490 e. The molecule has 1 aliphatic heterocycles. The molecule has 5 rings (SSSR count). The standard InChI is InChI=1S/C38H43Cl2NO6/c1-7-9-22-14-24(15-31(46-8-2)36(22)47-21-23-10-11-25(39)16-26(23)40)33-34-27(17-37(3,4)19-29(34)42)41(13-12-32(44)45)28-18-38(5,6)20-30(43)35(28)33/h7,10-11,14-16,33H,1,8-9,12-13,17-21H2,2-6H3,(H,44,45). The number of carbonyl (C=O) groups excluding carboxylic acids is 2. The fraction of sp³-hybridized carbons (Fsp3) is 0.447. The molecule has 0 saturated heterocycles. The summed E-state index contributed by atoms with van der Waals surface area (Å²) in [6.07, 6.45) is 3.98. The number of aliphatic carboxylic acids is 1. The van der Waals surface area contributed by atoms with Gasteiger partial charge in [-0.2, -0.15) is 0 Å². The first-order valence-corrected chi connectivity index (χ1v) is 16.9. The summed E-state index contributed by atoms with van der Waals surface area (Å²) in [7, 11) is 0. The molecule has 0 fully saturated rings. The van der Waals surface area contributed by atoms with Gasteiger partial charge in [-0.05, 0) is 60.8 Å². The molecular formula is C38H43Cl2NO6. The lowest BCUT2D eigenvalue weighted by Crippen LogP contribution is -2.45. The minimum atomic E-state index is -0.926. The maximum absolute atomic E-state index is 14.2. The summed E-state index contributed by atoms with van der Waals surface area (Å²) in [5, 5.41) is 10.7. The van der Waals surface area contributed by atoms with Crippen LogP contribution >= 0.6 is 23.2 Å². The van der Waals surface area contributed by atoms with E-state index < -0.39 is 11.9 Å². The van der Waals surface area contributed by atoms with E-state index >= 15 is 0 Å². The first kappa shape index (κ1) is 34.8. The van der Waals surface area contributed by atoms with Crippen LogP contribution in [0.3, 0.4) is 0 Å². The van der Waals surface area contributed by atoms with Gasteiger partial charge in [-0.1, -0.05) is 69.1 Å². The van der Waals surface area contributed by atoms with Gasteiger partial charge in [0.05, 0.1) is 13.0 Å². The molecule has 1 heterocycles. The monoisotopic (exact) mass is 679 g/mol. The number of allylic oxidation sites excluding steroid dienone is 5. The molecule has 2 aromatic carbocycles. The number of carboxylic acid groups (broad SMARTS) is 1. The fourth-order valence-corrected chi connectivity index (χ4v) is 7.69. The van der Waals surface area contributed by atoms with Crippen LogP contribution in [0.1, 0.15) is 89.3 Å². The molecule has 47 heavy (non-hydrogen) atoms. The highest BCUT2D eigenvalue weighted by Gasteiger charge is 2.49. The van der Waals surface area contributed by atoms with Crippen molar-refractivity contribution < 1.29 is 29.0 Å². The second-order valence-electron chi connectivity index (χ2n) is 14.3. The molecule has 0 radical (unpaired) electrons. The molecular weight excluding hydrogens is 637 g/mol. The molecule has 0 amide bonds.